The molecule has 0 aromatic heterocycles. The average Bonchev–Trinajstić information content (AvgIpc) is 2.41. The first kappa shape index (κ1) is 15.4. The molecule has 0 bridgehead atoms. The van der Waals surface area contributed by atoms with Crippen molar-refractivity contribution >= 4 is 44.0 Å². The Bertz CT molecular complexity index is 664. The van der Waals surface area contributed by atoms with Crippen molar-refractivity contribution in [3.8, 4) is 5.75 Å². The number of rotatable bonds is 4. The summed E-state index contributed by atoms with van der Waals surface area (Å²) in [7, 11) is 0.358. The van der Waals surface area contributed by atoms with E-state index in [1.807, 2.05) is 18.2 Å². The Labute approximate surface area is 133 Å². The van der Waals surface area contributed by atoms with E-state index in [9.17, 15) is 4.21 Å². The van der Waals surface area contributed by atoms with E-state index < -0.39 is 10.8 Å². The third-order valence-corrected chi connectivity index (χ3v) is 5.03. The molecule has 0 heterocycles. The van der Waals surface area contributed by atoms with Crippen LogP contribution in [-0.2, 0) is 16.6 Å². The SMILES string of the molecule is COc1ccc(CS(=O)c2cc(Cl)ccc2N)cc1Br. The van der Waals surface area contributed by atoms with Crippen LogP contribution in [0.25, 0.3) is 0 Å². The van der Waals surface area contributed by atoms with E-state index in [0.29, 0.717) is 21.4 Å². The van der Waals surface area contributed by atoms with Gasteiger partial charge >= 0.3 is 0 Å². The molecule has 0 aliphatic rings. The summed E-state index contributed by atoms with van der Waals surface area (Å²) >= 11 is 9.32. The van der Waals surface area contributed by atoms with Gasteiger partial charge in [-0.2, -0.15) is 0 Å². The van der Waals surface area contributed by atoms with Gasteiger partial charge in [0, 0.05) is 10.7 Å². The molecule has 2 aromatic rings. The molecule has 0 radical (unpaired) electrons. The molecule has 0 amide bonds. The Morgan fingerprint density at radius 3 is 2.70 bits per heavy atom. The smallest absolute Gasteiger partial charge is 0.133 e. The summed E-state index contributed by atoms with van der Waals surface area (Å²) in [6.45, 7) is 0. The van der Waals surface area contributed by atoms with Crippen molar-refractivity contribution in [1.29, 1.82) is 0 Å². The summed E-state index contributed by atoms with van der Waals surface area (Å²) in [4.78, 5) is 0.560. The lowest BCUT2D eigenvalue weighted by Crippen LogP contribution is -2.01. The highest BCUT2D eigenvalue weighted by Crippen LogP contribution is 2.28. The van der Waals surface area contributed by atoms with E-state index >= 15 is 0 Å². The monoisotopic (exact) mass is 373 g/mol. The van der Waals surface area contributed by atoms with Gasteiger partial charge in [0.15, 0.2) is 0 Å². The fourth-order valence-corrected chi connectivity index (χ4v) is 3.79. The van der Waals surface area contributed by atoms with Gasteiger partial charge in [0.05, 0.1) is 33.0 Å². The molecular weight excluding hydrogens is 362 g/mol. The molecule has 0 aliphatic heterocycles. The fraction of sp³-hybridized carbons (Fsp3) is 0.143. The summed E-state index contributed by atoms with van der Waals surface area (Å²) in [6.07, 6.45) is 0. The first-order valence-corrected chi connectivity index (χ1v) is 8.26. The molecule has 6 heteroatoms. The highest BCUT2D eigenvalue weighted by atomic mass is 79.9. The predicted octanol–water partition coefficient (Wildman–Crippen LogP) is 4.00. The first-order chi connectivity index (χ1) is 9.51. The Morgan fingerprint density at radius 2 is 2.05 bits per heavy atom. The topological polar surface area (TPSA) is 52.3 Å². The van der Waals surface area contributed by atoms with Gasteiger partial charge in [0.1, 0.15) is 5.75 Å². The summed E-state index contributed by atoms with van der Waals surface area (Å²) in [6, 6.07) is 10.6. The number of benzene rings is 2. The van der Waals surface area contributed by atoms with Crippen LogP contribution in [-0.4, -0.2) is 11.3 Å². The van der Waals surface area contributed by atoms with E-state index in [4.69, 9.17) is 22.1 Å². The molecule has 2 N–H and O–H groups in total. The van der Waals surface area contributed by atoms with Gasteiger partial charge in [0.2, 0.25) is 0 Å². The van der Waals surface area contributed by atoms with Crippen LogP contribution < -0.4 is 10.5 Å². The van der Waals surface area contributed by atoms with Crippen molar-refractivity contribution in [3.63, 3.8) is 0 Å². The average molecular weight is 375 g/mol. The molecule has 1 unspecified atom stereocenters. The van der Waals surface area contributed by atoms with Crippen LogP contribution in [0.5, 0.6) is 5.75 Å². The van der Waals surface area contributed by atoms with E-state index in [2.05, 4.69) is 15.9 Å². The molecule has 3 nitrogen and oxygen atoms in total. The second-order valence-electron chi connectivity index (χ2n) is 4.14. The summed E-state index contributed by atoms with van der Waals surface area (Å²) in [5.41, 5.74) is 7.25. The molecule has 2 aromatic carbocycles. The van der Waals surface area contributed by atoms with Gasteiger partial charge in [-0.25, -0.2) is 0 Å². The zero-order valence-corrected chi connectivity index (χ0v) is 13.9. The molecule has 0 saturated heterocycles. The largest absolute Gasteiger partial charge is 0.496 e. The first-order valence-electron chi connectivity index (χ1n) is 5.77. The van der Waals surface area contributed by atoms with Crippen molar-refractivity contribution in [2.45, 2.75) is 10.6 Å². The standard InChI is InChI=1S/C14H13BrClNO2S/c1-19-13-5-2-9(6-11(13)15)8-20(18)14-7-10(16)3-4-12(14)17/h2-7H,8,17H2,1H3. The van der Waals surface area contributed by atoms with Crippen LogP contribution in [0.15, 0.2) is 45.8 Å². The summed E-state index contributed by atoms with van der Waals surface area (Å²) < 4.78 is 18.4. The van der Waals surface area contributed by atoms with Crippen LogP contribution in [0.4, 0.5) is 5.69 Å². The van der Waals surface area contributed by atoms with E-state index in [0.717, 1.165) is 15.8 Å². The Balaban J connectivity index is 2.23. The molecular formula is C14H13BrClNO2S. The molecule has 0 fully saturated rings. The summed E-state index contributed by atoms with van der Waals surface area (Å²) in [5, 5.41) is 0.526. The fourth-order valence-electron chi connectivity index (χ4n) is 1.73. The third kappa shape index (κ3) is 3.53. The number of nitrogens with two attached hydrogens (primary N) is 1. The van der Waals surface area contributed by atoms with Gasteiger partial charge in [-0.1, -0.05) is 17.7 Å². The normalized spacial score (nSPS) is 12.2. The van der Waals surface area contributed by atoms with Crippen molar-refractivity contribution < 1.29 is 8.95 Å². The number of nitrogen functional groups attached to an aromatic ring is 1. The number of hydrogen-bond acceptors (Lipinski definition) is 3. The molecule has 1 atom stereocenters. The minimum Gasteiger partial charge on any atom is -0.496 e. The maximum absolute atomic E-state index is 12.4. The maximum Gasteiger partial charge on any atom is 0.133 e. The molecule has 0 saturated carbocycles. The van der Waals surface area contributed by atoms with E-state index in [-0.39, 0.29) is 0 Å². The maximum atomic E-state index is 12.4. The molecule has 0 spiro atoms. The summed E-state index contributed by atoms with van der Waals surface area (Å²) in [5.74, 6) is 1.11. The van der Waals surface area contributed by atoms with Crippen molar-refractivity contribution in [2.24, 2.45) is 0 Å². The third-order valence-electron chi connectivity index (χ3n) is 2.73. The molecule has 2 rings (SSSR count). The Morgan fingerprint density at radius 1 is 1.30 bits per heavy atom. The number of anilines is 1. The molecule has 0 aliphatic carbocycles. The second-order valence-corrected chi connectivity index (χ2v) is 6.85. The van der Waals surface area contributed by atoms with Gasteiger partial charge < -0.3 is 10.5 Å². The lowest BCUT2D eigenvalue weighted by molar-refractivity contribution is 0.412. The highest BCUT2D eigenvalue weighted by molar-refractivity contribution is 9.10. The molecule has 20 heavy (non-hydrogen) atoms. The zero-order valence-electron chi connectivity index (χ0n) is 10.7. The zero-order chi connectivity index (χ0) is 14.7. The number of hydrogen-bond donors (Lipinski definition) is 1. The van der Waals surface area contributed by atoms with Gasteiger partial charge in [0.25, 0.3) is 0 Å². The van der Waals surface area contributed by atoms with E-state index in [1.54, 1.807) is 25.3 Å². The van der Waals surface area contributed by atoms with Crippen LogP contribution in [0.3, 0.4) is 0 Å². The van der Waals surface area contributed by atoms with Gasteiger partial charge in [-0.15, -0.1) is 0 Å². The molecule has 106 valence electrons. The van der Waals surface area contributed by atoms with Crippen LogP contribution in [0.1, 0.15) is 5.56 Å². The Kier molecular flexibility index (Phi) is 5.07. The van der Waals surface area contributed by atoms with Crippen molar-refractivity contribution in [2.75, 3.05) is 12.8 Å². The van der Waals surface area contributed by atoms with Gasteiger partial charge in [-0.3, -0.25) is 4.21 Å². The lowest BCUT2D eigenvalue weighted by Gasteiger charge is -2.08. The quantitative estimate of drug-likeness (QED) is 0.823. The Hall–Kier alpha value is -1.04. The van der Waals surface area contributed by atoms with Crippen molar-refractivity contribution in [1.82, 2.24) is 0 Å². The predicted molar refractivity (Wildman–Crippen MR) is 86.7 cm³/mol. The minimum atomic E-state index is -1.24. The second kappa shape index (κ2) is 6.61. The highest BCUT2D eigenvalue weighted by Gasteiger charge is 2.11. The van der Waals surface area contributed by atoms with Gasteiger partial charge in [-0.05, 0) is 51.8 Å². The van der Waals surface area contributed by atoms with Crippen molar-refractivity contribution in [3.05, 3.63) is 51.5 Å². The van der Waals surface area contributed by atoms with Crippen LogP contribution in [0.2, 0.25) is 5.02 Å². The number of methoxy groups -OCH3 is 1. The lowest BCUT2D eigenvalue weighted by atomic mass is 10.2. The van der Waals surface area contributed by atoms with Crippen LogP contribution >= 0.6 is 27.5 Å². The number of ether oxygens (including phenoxy) is 1. The van der Waals surface area contributed by atoms with Crippen LogP contribution in [0, 0.1) is 0 Å². The van der Waals surface area contributed by atoms with E-state index in [1.165, 1.54) is 0 Å². The minimum absolute atomic E-state index is 0.368. The number of halogens is 2.